The first-order valence-electron chi connectivity index (χ1n) is 5.20. The number of rotatable bonds is 4. The third-order valence-corrected chi connectivity index (χ3v) is 3.95. The molecule has 0 aliphatic carbocycles. The Morgan fingerprint density at radius 3 is 2.58 bits per heavy atom. The molecule has 2 aromatic heterocycles. The molecule has 0 aliphatic heterocycles. The van der Waals surface area contributed by atoms with Crippen molar-refractivity contribution in [1.29, 1.82) is 0 Å². The second kappa shape index (κ2) is 5.45. The van der Waals surface area contributed by atoms with Gasteiger partial charge >= 0.3 is 5.69 Å². The summed E-state index contributed by atoms with van der Waals surface area (Å²) in [5, 5.41) is 14.1. The van der Waals surface area contributed by atoms with E-state index in [2.05, 4.69) is 24.6 Å². The molecular weight excluding hydrogens is 288 g/mol. The minimum absolute atomic E-state index is 0.100. The number of nitro groups is 1. The summed E-state index contributed by atoms with van der Waals surface area (Å²) in [5.41, 5.74) is 0.213. The minimum Gasteiger partial charge on any atom is -0.357 e. The minimum atomic E-state index is -0.481. The number of anilines is 1. The molecule has 0 aromatic carbocycles. The van der Waals surface area contributed by atoms with Crippen molar-refractivity contribution in [3.8, 4) is 0 Å². The lowest BCUT2D eigenvalue weighted by Crippen LogP contribution is -2.04. The van der Waals surface area contributed by atoms with Gasteiger partial charge in [-0.1, -0.05) is 0 Å². The van der Waals surface area contributed by atoms with Crippen LogP contribution in [0.2, 0.25) is 0 Å². The molecule has 0 fully saturated rings. The van der Waals surface area contributed by atoms with Crippen molar-refractivity contribution in [2.45, 2.75) is 23.2 Å². The monoisotopic (exact) mass is 298 g/mol. The number of aromatic nitrogens is 4. The van der Waals surface area contributed by atoms with Crippen molar-refractivity contribution in [1.82, 2.24) is 19.3 Å². The molecule has 0 unspecified atom stereocenters. The highest BCUT2D eigenvalue weighted by atomic mass is 32.2. The van der Waals surface area contributed by atoms with Gasteiger partial charge in [0, 0.05) is 7.05 Å². The fourth-order valence-corrected chi connectivity index (χ4v) is 3.05. The zero-order chi connectivity index (χ0) is 14.0. The highest BCUT2D eigenvalue weighted by Crippen LogP contribution is 2.35. The van der Waals surface area contributed by atoms with Crippen LogP contribution in [-0.4, -0.2) is 31.3 Å². The van der Waals surface area contributed by atoms with E-state index in [-0.39, 0.29) is 10.7 Å². The van der Waals surface area contributed by atoms with Gasteiger partial charge in [0.15, 0.2) is 9.37 Å². The third-order valence-electron chi connectivity index (χ3n) is 2.13. The maximum atomic E-state index is 11.1. The van der Waals surface area contributed by atoms with Crippen LogP contribution < -0.4 is 5.32 Å². The van der Waals surface area contributed by atoms with Crippen molar-refractivity contribution >= 4 is 34.9 Å². The fraction of sp³-hybridized carbons (Fsp3) is 0.333. The zero-order valence-electron chi connectivity index (χ0n) is 10.4. The Kier molecular flexibility index (Phi) is 3.90. The first kappa shape index (κ1) is 13.6. The Balaban J connectivity index is 2.47. The van der Waals surface area contributed by atoms with Gasteiger partial charge in [0.25, 0.3) is 0 Å². The van der Waals surface area contributed by atoms with Gasteiger partial charge in [-0.3, -0.25) is 10.1 Å². The van der Waals surface area contributed by atoms with Crippen molar-refractivity contribution in [3.63, 3.8) is 0 Å². The molecule has 10 heteroatoms. The number of aryl methyl sites for hydroxylation is 2. The Hall–Kier alpha value is -1.81. The molecule has 2 heterocycles. The summed E-state index contributed by atoms with van der Waals surface area (Å²) in [6, 6.07) is 0. The summed E-state index contributed by atoms with van der Waals surface area (Å²) in [6.07, 6.45) is 0. The van der Waals surface area contributed by atoms with E-state index >= 15 is 0 Å². The average molecular weight is 298 g/mol. The van der Waals surface area contributed by atoms with Gasteiger partial charge in [-0.2, -0.15) is 9.36 Å². The molecule has 0 bridgehead atoms. The Labute approximate surface area is 117 Å². The fourth-order valence-electron chi connectivity index (χ4n) is 1.34. The Bertz CT molecular complexity index is 629. The second-order valence-electron chi connectivity index (χ2n) is 3.50. The lowest BCUT2D eigenvalue weighted by atomic mass is 10.4. The molecule has 8 nitrogen and oxygen atoms in total. The van der Waals surface area contributed by atoms with E-state index in [1.807, 2.05) is 0 Å². The van der Waals surface area contributed by atoms with Crippen LogP contribution in [0.5, 0.6) is 0 Å². The molecule has 2 aromatic rings. The van der Waals surface area contributed by atoms with Crippen LogP contribution in [0.1, 0.15) is 11.5 Å². The van der Waals surface area contributed by atoms with Crippen LogP contribution in [0.25, 0.3) is 0 Å². The van der Waals surface area contributed by atoms with E-state index in [1.54, 1.807) is 20.9 Å². The Morgan fingerprint density at radius 2 is 2.05 bits per heavy atom. The summed E-state index contributed by atoms with van der Waals surface area (Å²) >= 11 is 2.30. The van der Waals surface area contributed by atoms with Gasteiger partial charge in [-0.25, -0.2) is 9.97 Å². The molecule has 0 radical (unpaired) electrons. The van der Waals surface area contributed by atoms with Crippen molar-refractivity contribution in [2.75, 3.05) is 12.4 Å². The maximum absolute atomic E-state index is 11.1. The van der Waals surface area contributed by atoms with E-state index in [4.69, 9.17) is 0 Å². The summed E-state index contributed by atoms with van der Waals surface area (Å²) in [6.45, 7) is 3.34. The number of nitrogens with zero attached hydrogens (tertiary/aromatic N) is 5. The third kappa shape index (κ3) is 2.96. The largest absolute Gasteiger partial charge is 0.357 e. The highest BCUT2D eigenvalue weighted by Gasteiger charge is 2.23. The van der Waals surface area contributed by atoms with Crippen LogP contribution in [0.15, 0.2) is 9.37 Å². The standard InChI is InChI=1S/C9H10N6O2S2/c1-4-6(15(16)17)7(13-8(10-3)11-4)18-9-12-5(2)14-19-9/h1-3H3,(H,10,11,13). The molecule has 0 amide bonds. The summed E-state index contributed by atoms with van der Waals surface area (Å²) in [7, 11) is 1.66. The van der Waals surface area contributed by atoms with Gasteiger partial charge in [0.2, 0.25) is 5.95 Å². The van der Waals surface area contributed by atoms with E-state index in [0.717, 1.165) is 11.8 Å². The summed E-state index contributed by atoms with van der Waals surface area (Å²) in [5.74, 6) is 0.974. The number of hydrogen-bond acceptors (Lipinski definition) is 9. The molecule has 0 atom stereocenters. The molecule has 0 spiro atoms. The first-order valence-corrected chi connectivity index (χ1v) is 6.79. The molecule has 1 N–H and O–H groups in total. The lowest BCUT2D eigenvalue weighted by molar-refractivity contribution is -0.389. The van der Waals surface area contributed by atoms with Crippen molar-refractivity contribution < 1.29 is 4.92 Å². The SMILES string of the molecule is CNc1nc(C)c([N+](=O)[O-])c(Sc2nc(C)ns2)n1. The first-order chi connectivity index (χ1) is 9.01. The van der Waals surface area contributed by atoms with Gasteiger partial charge < -0.3 is 5.32 Å². The van der Waals surface area contributed by atoms with Crippen molar-refractivity contribution in [2.24, 2.45) is 0 Å². The molecule has 2 rings (SSSR count). The van der Waals surface area contributed by atoms with Crippen molar-refractivity contribution in [3.05, 3.63) is 21.6 Å². The molecule has 19 heavy (non-hydrogen) atoms. The predicted molar refractivity (Wildman–Crippen MR) is 71.7 cm³/mol. The van der Waals surface area contributed by atoms with Gasteiger partial charge in [-0.15, -0.1) is 0 Å². The predicted octanol–water partition coefficient (Wildman–Crippen LogP) is 2.05. The molecule has 100 valence electrons. The van der Waals surface area contributed by atoms with E-state index in [0.29, 0.717) is 21.8 Å². The van der Waals surface area contributed by atoms with Gasteiger partial charge in [-0.05, 0) is 37.1 Å². The molecular formula is C9H10N6O2S2. The van der Waals surface area contributed by atoms with E-state index in [9.17, 15) is 10.1 Å². The van der Waals surface area contributed by atoms with Crippen LogP contribution in [0.4, 0.5) is 11.6 Å². The number of hydrogen-bond donors (Lipinski definition) is 1. The molecule has 0 saturated heterocycles. The maximum Gasteiger partial charge on any atom is 0.322 e. The topological polar surface area (TPSA) is 107 Å². The van der Waals surface area contributed by atoms with Gasteiger partial charge in [0.1, 0.15) is 11.5 Å². The van der Waals surface area contributed by atoms with Crippen LogP contribution in [0.3, 0.4) is 0 Å². The summed E-state index contributed by atoms with van der Waals surface area (Å²) in [4.78, 5) is 22.9. The lowest BCUT2D eigenvalue weighted by Gasteiger charge is -2.05. The average Bonchev–Trinajstić information content (AvgIpc) is 2.73. The smallest absolute Gasteiger partial charge is 0.322 e. The quantitative estimate of drug-likeness (QED) is 0.519. The van der Waals surface area contributed by atoms with E-state index < -0.39 is 4.92 Å². The highest BCUT2D eigenvalue weighted by molar-refractivity contribution is 8.01. The van der Waals surface area contributed by atoms with E-state index in [1.165, 1.54) is 11.5 Å². The normalized spacial score (nSPS) is 10.5. The van der Waals surface area contributed by atoms with Crippen LogP contribution in [0, 0.1) is 24.0 Å². The summed E-state index contributed by atoms with van der Waals surface area (Å²) < 4.78 is 4.64. The molecule has 0 saturated carbocycles. The Morgan fingerprint density at radius 1 is 1.32 bits per heavy atom. The second-order valence-corrected chi connectivity index (χ2v) is 5.49. The van der Waals surface area contributed by atoms with Crippen LogP contribution >= 0.6 is 23.3 Å². The zero-order valence-corrected chi connectivity index (χ0v) is 12.0. The molecule has 0 aliphatic rings. The van der Waals surface area contributed by atoms with Crippen LogP contribution in [-0.2, 0) is 0 Å². The van der Waals surface area contributed by atoms with Gasteiger partial charge in [0.05, 0.1) is 4.92 Å². The number of nitrogens with one attached hydrogen (secondary N) is 1.